The Kier molecular flexibility index (Phi) is 4.33. The van der Waals surface area contributed by atoms with Crippen molar-refractivity contribution in [3.63, 3.8) is 0 Å². The van der Waals surface area contributed by atoms with Gasteiger partial charge in [-0.15, -0.1) is 0 Å². The summed E-state index contributed by atoms with van der Waals surface area (Å²) in [7, 11) is 0. The van der Waals surface area contributed by atoms with Crippen molar-refractivity contribution in [2.24, 2.45) is 0 Å². The molecule has 0 aliphatic rings. The van der Waals surface area contributed by atoms with E-state index in [4.69, 9.17) is 5.11 Å². The van der Waals surface area contributed by atoms with E-state index in [0.717, 1.165) is 11.1 Å². The number of hydrogen-bond donors (Lipinski definition) is 1. The van der Waals surface area contributed by atoms with Crippen molar-refractivity contribution in [2.45, 2.75) is 26.2 Å². The zero-order valence-electron chi connectivity index (χ0n) is 8.49. The summed E-state index contributed by atoms with van der Waals surface area (Å²) in [6.45, 7) is 2.05. The third-order valence-corrected chi connectivity index (χ3v) is 2.22. The molecule has 0 aromatic heterocycles. The number of hydrogen-bond acceptors (Lipinski definition) is 2. The Morgan fingerprint density at radius 1 is 1.21 bits per heavy atom. The van der Waals surface area contributed by atoms with E-state index < -0.39 is 0 Å². The topological polar surface area (TPSA) is 37.3 Å². The van der Waals surface area contributed by atoms with Crippen molar-refractivity contribution in [3.8, 4) is 0 Å². The maximum atomic E-state index is 11.2. The highest BCUT2D eigenvalue weighted by Crippen LogP contribution is 2.06. The zero-order chi connectivity index (χ0) is 10.4. The fraction of sp³-hybridized carbons (Fsp3) is 0.417. The molecule has 0 fully saturated rings. The van der Waals surface area contributed by atoms with Crippen LogP contribution in [0.1, 0.15) is 24.5 Å². The molecule has 0 aliphatic carbocycles. The van der Waals surface area contributed by atoms with Crippen LogP contribution in [-0.4, -0.2) is 17.5 Å². The first kappa shape index (κ1) is 10.9. The van der Waals surface area contributed by atoms with Gasteiger partial charge in [-0.25, -0.2) is 0 Å². The van der Waals surface area contributed by atoms with E-state index in [1.165, 1.54) is 0 Å². The quantitative estimate of drug-likeness (QED) is 0.771. The summed E-state index contributed by atoms with van der Waals surface area (Å²) < 4.78 is 0. The number of aliphatic hydroxyl groups excluding tert-OH is 1. The van der Waals surface area contributed by atoms with Gasteiger partial charge in [0.1, 0.15) is 5.78 Å². The molecule has 0 saturated carbocycles. The second-order valence-electron chi connectivity index (χ2n) is 3.36. The highest BCUT2D eigenvalue weighted by atomic mass is 16.2. The Hall–Kier alpha value is -1.15. The molecular formula is C12H16O2. The summed E-state index contributed by atoms with van der Waals surface area (Å²) in [5.41, 5.74) is 2.17. The van der Waals surface area contributed by atoms with Crippen LogP contribution in [0.4, 0.5) is 0 Å². The lowest BCUT2D eigenvalue weighted by Crippen LogP contribution is -2.00. The van der Waals surface area contributed by atoms with Crippen LogP contribution in [0.3, 0.4) is 0 Å². The molecule has 14 heavy (non-hydrogen) atoms. The summed E-state index contributed by atoms with van der Waals surface area (Å²) in [4.78, 5) is 11.2. The maximum absolute atomic E-state index is 11.2. The summed E-state index contributed by atoms with van der Waals surface area (Å²) >= 11 is 0. The minimum atomic E-state index is 0.174. The molecule has 1 aromatic carbocycles. The van der Waals surface area contributed by atoms with Crippen molar-refractivity contribution in [1.82, 2.24) is 0 Å². The van der Waals surface area contributed by atoms with Crippen molar-refractivity contribution in [1.29, 1.82) is 0 Å². The second-order valence-corrected chi connectivity index (χ2v) is 3.36. The molecule has 0 spiro atoms. The lowest BCUT2D eigenvalue weighted by molar-refractivity contribution is -0.118. The van der Waals surface area contributed by atoms with E-state index in [0.29, 0.717) is 19.3 Å². The van der Waals surface area contributed by atoms with Gasteiger partial charge in [0, 0.05) is 19.4 Å². The highest BCUT2D eigenvalue weighted by molar-refractivity contribution is 5.80. The van der Waals surface area contributed by atoms with E-state index >= 15 is 0 Å². The second kappa shape index (κ2) is 5.55. The molecule has 2 nitrogen and oxygen atoms in total. The lowest BCUT2D eigenvalue weighted by Gasteiger charge is -2.01. The number of benzene rings is 1. The van der Waals surface area contributed by atoms with Crippen LogP contribution in [-0.2, 0) is 17.6 Å². The van der Waals surface area contributed by atoms with Crippen LogP contribution in [0.5, 0.6) is 0 Å². The Morgan fingerprint density at radius 3 is 2.29 bits per heavy atom. The summed E-state index contributed by atoms with van der Waals surface area (Å²) in [5.74, 6) is 0.264. The minimum absolute atomic E-state index is 0.174. The first-order valence-electron chi connectivity index (χ1n) is 4.96. The Labute approximate surface area is 84.6 Å². The van der Waals surface area contributed by atoms with Gasteiger partial charge in [-0.3, -0.25) is 4.79 Å². The van der Waals surface area contributed by atoms with E-state index in [9.17, 15) is 4.79 Å². The molecule has 76 valence electrons. The number of ketones is 1. The average molecular weight is 192 g/mol. The molecule has 1 rings (SSSR count). The Morgan fingerprint density at radius 2 is 1.79 bits per heavy atom. The summed E-state index contributed by atoms with van der Waals surface area (Å²) in [6, 6.07) is 7.85. The van der Waals surface area contributed by atoms with Gasteiger partial charge >= 0.3 is 0 Å². The van der Waals surface area contributed by atoms with Crippen LogP contribution >= 0.6 is 0 Å². The van der Waals surface area contributed by atoms with Crippen molar-refractivity contribution in [3.05, 3.63) is 35.4 Å². The van der Waals surface area contributed by atoms with Gasteiger partial charge < -0.3 is 5.11 Å². The molecule has 0 saturated heterocycles. The Bertz CT molecular complexity index is 288. The number of carbonyl (C=O) groups excluding carboxylic acids is 1. The smallest absolute Gasteiger partial charge is 0.136 e. The van der Waals surface area contributed by atoms with E-state index in [1.807, 2.05) is 31.2 Å². The van der Waals surface area contributed by atoms with E-state index in [2.05, 4.69) is 0 Å². The molecule has 0 heterocycles. The molecule has 0 atom stereocenters. The SMILES string of the molecule is CCC(=O)Cc1ccc(CCO)cc1. The van der Waals surface area contributed by atoms with Gasteiger partial charge in [0.2, 0.25) is 0 Å². The molecule has 0 radical (unpaired) electrons. The molecule has 0 aliphatic heterocycles. The largest absolute Gasteiger partial charge is 0.396 e. The van der Waals surface area contributed by atoms with Gasteiger partial charge in [0.05, 0.1) is 0 Å². The summed E-state index contributed by atoms with van der Waals surface area (Å²) in [5, 5.41) is 8.72. The van der Waals surface area contributed by atoms with E-state index in [-0.39, 0.29) is 12.4 Å². The van der Waals surface area contributed by atoms with Crippen LogP contribution in [0, 0.1) is 0 Å². The first-order chi connectivity index (χ1) is 6.76. The molecule has 1 N–H and O–H groups in total. The molecule has 0 unspecified atom stereocenters. The normalized spacial score (nSPS) is 10.1. The number of aliphatic hydroxyl groups is 1. The molecule has 0 bridgehead atoms. The lowest BCUT2D eigenvalue weighted by atomic mass is 10.0. The predicted octanol–water partition coefficient (Wildman–Crippen LogP) is 1.74. The van der Waals surface area contributed by atoms with Crippen molar-refractivity contribution >= 4 is 5.78 Å². The molecule has 0 amide bonds. The zero-order valence-corrected chi connectivity index (χ0v) is 8.49. The van der Waals surface area contributed by atoms with E-state index in [1.54, 1.807) is 0 Å². The summed E-state index contributed by atoms with van der Waals surface area (Å²) in [6.07, 6.45) is 1.80. The van der Waals surface area contributed by atoms with Gasteiger partial charge in [0.25, 0.3) is 0 Å². The predicted molar refractivity (Wildman–Crippen MR) is 56.2 cm³/mol. The number of carbonyl (C=O) groups is 1. The van der Waals surface area contributed by atoms with Crippen LogP contribution in [0.25, 0.3) is 0 Å². The first-order valence-corrected chi connectivity index (χ1v) is 4.96. The minimum Gasteiger partial charge on any atom is -0.396 e. The standard InChI is InChI=1S/C12H16O2/c1-2-12(14)9-11-5-3-10(4-6-11)7-8-13/h3-6,13H,2,7-9H2,1H3. The molecule has 2 heteroatoms. The third kappa shape index (κ3) is 3.30. The molecular weight excluding hydrogens is 176 g/mol. The van der Waals surface area contributed by atoms with Crippen molar-refractivity contribution < 1.29 is 9.90 Å². The highest BCUT2D eigenvalue weighted by Gasteiger charge is 2.00. The maximum Gasteiger partial charge on any atom is 0.136 e. The van der Waals surface area contributed by atoms with Crippen LogP contribution < -0.4 is 0 Å². The van der Waals surface area contributed by atoms with Gasteiger partial charge in [-0.2, -0.15) is 0 Å². The average Bonchev–Trinajstić information content (AvgIpc) is 2.21. The number of rotatable bonds is 5. The van der Waals surface area contributed by atoms with Gasteiger partial charge in [-0.05, 0) is 17.5 Å². The van der Waals surface area contributed by atoms with Gasteiger partial charge in [-0.1, -0.05) is 31.2 Å². The van der Waals surface area contributed by atoms with Gasteiger partial charge in [0.15, 0.2) is 0 Å². The van der Waals surface area contributed by atoms with Crippen molar-refractivity contribution in [2.75, 3.05) is 6.61 Å². The van der Waals surface area contributed by atoms with Crippen LogP contribution in [0.2, 0.25) is 0 Å². The number of Topliss-reactive ketones (excluding diaryl/α,β-unsaturated/α-hetero) is 1. The fourth-order valence-electron chi connectivity index (χ4n) is 1.31. The fourth-order valence-corrected chi connectivity index (χ4v) is 1.31. The van der Waals surface area contributed by atoms with Crippen LogP contribution in [0.15, 0.2) is 24.3 Å². The Balaban J connectivity index is 2.59. The third-order valence-electron chi connectivity index (χ3n) is 2.22. The molecule has 1 aromatic rings. The monoisotopic (exact) mass is 192 g/mol.